The van der Waals surface area contributed by atoms with Crippen LogP contribution in [0, 0.1) is 0 Å². The Kier molecular flexibility index (Phi) is 2.97. The van der Waals surface area contributed by atoms with Crippen LogP contribution in [0.3, 0.4) is 0 Å². The van der Waals surface area contributed by atoms with Gasteiger partial charge in [-0.1, -0.05) is 12.8 Å². The van der Waals surface area contributed by atoms with Gasteiger partial charge in [0.25, 0.3) is 0 Å². The van der Waals surface area contributed by atoms with Gasteiger partial charge in [0.15, 0.2) is 0 Å². The molecule has 2 aliphatic rings. The van der Waals surface area contributed by atoms with Crippen molar-refractivity contribution in [2.24, 2.45) is 5.73 Å². The van der Waals surface area contributed by atoms with Crippen LogP contribution in [0.15, 0.2) is 22.8 Å². The molecule has 1 aromatic rings. The van der Waals surface area contributed by atoms with E-state index in [9.17, 15) is 0 Å². The van der Waals surface area contributed by atoms with Gasteiger partial charge in [0.05, 0.1) is 12.8 Å². The lowest BCUT2D eigenvalue weighted by atomic mass is 9.98. The Bertz CT molecular complexity index is 350. The van der Waals surface area contributed by atoms with Gasteiger partial charge < -0.3 is 10.2 Å². The predicted octanol–water partition coefficient (Wildman–Crippen LogP) is 2.52. The standard InChI is InChI=1S/C14H22N2O/c15-14(7-1-2-8-14)11-16(12-5-6-12)10-13-4-3-9-17-13/h3-4,9,12H,1-2,5-8,10-11,15H2. The molecule has 0 atom stereocenters. The Labute approximate surface area is 103 Å². The van der Waals surface area contributed by atoms with Crippen LogP contribution in [0.1, 0.15) is 44.3 Å². The molecule has 0 aromatic carbocycles. The fraction of sp³-hybridized carbons (Fsp3) is 0.714. The van der Waals surface area contributed by atoms with Gasteiger partial charge in [0.2, 0.25) is 0 Å². The van der Waals surface area contributed by atoms with Gasteiger partial charge in [-0.25, -0.2) is 0 Å². The summed E-state index contributed by atoms with van der Waals surface area (Å²) in [5.74, 6) is 1.07. The molecule has 0 bridgehead atoms. The molecule has 17 heavy (non-hydrogen) atoms. The van der Waals surface area contributed by atoms with E-state index in [-0.39, 0.29) is 5.54 Å². The number of rotatable bonds is 5. The molecular formula is C14H22N2O. The van der Waals surface area contributed by atoms with Crippen molar-refractivity contribution in [3.63, 3.8) is 0 Å². The van der Waals surface area contributed by atoms with E-state index in [0.29, 0.717) is 0 Å². The fourth-order valence-electron chi connectivity index (χ4n) is 3.00. The number of hydrogen-bond donors (Lipinski definition) is 1. The minimum atomic E-state index is 0.0647. The largest absolute Gasteiger partial charge is 0.468 e. The first kappa shape index (κ1) is 11.3. The zero-order valence-electron chi connectivity index (χ0n) is 10.4. The second-order valence-electron chi connectivity index (χ2n) is 5.78. The van der Waals surface area contributed by atoms with Crippen LogP contribution in [0.2, 0.25) is 0 Å². The van der Waals surface area contributed by atoms with E-state index in [2.05, 4.69) is 11.0 Å². The summed E-state index contributed by atoms with van der Waals surface area (Å²) in [6, 6.07) is 4.78. The maximum absolute atomic E-state index is 6.48. The van der Waals surface area contributed by atoms with Crippen molar-refractivity contribution in [3.8, 4) is 0 Å². The van der Waals surface area contributed by atoms with Gasteiger partial charge in [0.1, 0.15) is 5.76 Å². The van der Waals surface area contributed by atoms with E-state index in [1.165, 1.54) is 38.5 Å². The average Bonchev–Trinajstić information content (AvgIpc) is 2.88. The van der Waals surface area contributed by atoms with Crippen molar-refractivity contribution in [3.05, 3.63) is 24.2 Å². The van der Waals surface area contributed by atoms with Crippen molar-refractivity contribution in [1.29, 1.82) is 0 Å². The lowest BCUT2D eigenvalue weighted by molar-refractivity contribution is 0.180. The van der Waals surface area contributed by atoms with Crippen LogP contribution in [0.5, 0.6) is 0 Å². The predicted molar refractivity (Wildman–Crippen MR) is 67.5 cm³/mol. The molecule has 0 unspecified atom stereocenters. The molecule has 0 saturated heterocycles. The molecule has 3 rings (SSSR count). The molecule has 0 aliphatic heterocycles. The quantitative estimate of drug-likeness (QED) is 0.851. The van der Waals surface area contributed by atoms with Crippen LogP contribution in [-0.4, -0.2) is 23.0 Å². The fourth-order valence-corrected chi connectivity index (χ4v) is 3.00. The summed E-state index contributed by atoms with van der Waals surface area (Å²) in [6.45, 7) is 1.97. The SMILES string of the molecule is NC1(CN(Cc2ccco2)C2CC2)CCCC1. The Morgan fingerprint density at radius 1 is 1.35 bits per heavy atom. The van der Waals surface area contributed by atoms with E-state index >= 15 is 0 Å². The van der Waals surface area contributed by atoms with E-state index < -0.39 is 0 Å². The van der Waals surface area contributed by atoms with Gasteiger partial charge in [-0.15, -0.1) is 0 Å². The highest BCUT2D eigenvalue weighted by atomic mass is 16.3. The van der Waals surface area contributed by atoms with Crippen molar-refractivity contribution < 1.29 is 4.42 Å². The van der Waals surface area contributed by atoms with Gasteiger partial charge in [0, 0.05) is 18.1 Å². The normalized spacial score (nSPS) is 23.4. The molecule has 2 aliphatic carbocycles. The van der Waals surface area contributed by atoms with E-state index in [4.69, 9.17) is 10.2 Å². The zero-order valence-corrected chi connectivity index (χ0v) is 10.4. The molecule has 1 heterocycles. The van der Waals surface area contributed by atoms with Crippen molar-refractivity contribution in [2.75, 3.05) is 6.54 Å². The number of nitrogens with zero attached hydrogens (tertiary/aromatic N) is 1. The zero-order chi connectivity index (χ0) is 11.7. The van der Waals surface area contributed by atoms with Gasteiger partial charge in [-0.05, 0) is 37.8 Å². The van der Waals surface area contributed by atoms with Gasteiger partial charge in [-0.3, -0.25) is 4.90 Å². The van der Waals surface area contributed by atoms with Crippen LogP contribution in [0.25, 0.3) is 0 Å². The second-order valence-corrected chi connectivity index (χ2v) is 5.78. The van der Waals surface area contributed by atoms with E-state index in [1.807, 2.05) is 6.07 Å². The van der Waals surface area contributed by atoms with E-state index in [1.54, 1.807) is 6.26 Å². The third-order valence-corrected chi connectivity index (χ3v) is 4.12. The molecule has 2 saturated carbocycles. The molecule has 2 N–H and O–H groups in total. The Balaban J connectivity index is 1.64. The highest BCUT2D eigenvalue weighted by Crippen LogP contribution is 2.34. The second kappa shape index (κ2) is 4.46. The lowest BCUT2D eigenvalue weighted by Gasteiger charge is -2.32. The lowest BCUT2D eigenvalue weighted by Crippen LogP contribution is -2.48. The number of furan rings is 1. The first-order valence-electron chi connectivity index (χ1n) is 6.81. The van der Waals surface area contributed by atoms with Crippen molar-refractivity contribution >= 4 is 0 Å². The highest BCUT2D eigenvalue weighted by molar-refractivity contribution is 5.02. The molecule has 1 aromatic heterocycles. The third kappa shape index (κ3) is 2.72. The molecule has 0 amide bonds. The summed E-state index contributed by atoms with van der Waals surface area (Å²) in [7, 11) is 0. The minimum Gasteiger partial charge on any atom is -0.468 e. The van der Waals surface area contributed by atoms with Gasteiger partial charge >= 0.3 is 0 Å². The summed E-state index contributed by atoms with van der Waals surface area (Å²) in [5.41, 5.74) is 6.55. The maximum atomic E-state index is 6.48. The average molecular weight is 234 g/mol. The van der Waals surface area contributed by atoms with Crippen molar-refractivity contribution in [1.82, 2.24) is 4.90 Å². The maximum Gasteiger partial charge on any atom is 0.117 e. The summed E-state index contributed by atoms with van der Waals surface area (Å²) in [5, 5.41) is 0. The summed E-state index contributed by atoms with van der Waals surface area (Å²) >= 11 is 0. The van der Waals surface area contributed by atoms with Gasteiger partial charge in [-0.2, -0.15) is 0 Å². The smallest absolute Gasteiger partial charge is 0.117 e. The number of hydrogen-bond acceptors (Lipinski definition) is 3. The monoisotopic (exact) mass is 234 g/mol. The van der Waals surface area contributed by atoms with Crippen LogP contribution in [-0.2, 0) is 6.54 Å². The Morgan fingerprint density at radius 3 is 2.71 bits per heavy atom. The molecular weight excluding hydrogens is 212 g/mol. The van der Waals surface area contributed by atoms with Crippen LogP contribution < -0.4 is 5.73 Å². The molecule has 0 radical (unpaired) electrons. The van der Waals surface area contributed by atoms with Crippen molar-refractivity contribution in [2.45, 2.75) is 56.7 Å². The number of nitrogens with two attached hydrogens (primary N) is 1. The summed E-state index contributed by atoms with van der Waals surface area (Å²) in [6.07, 6.45) is 9.40. The molecule has 3 nitrogen and oxygen atoms in total. The van der Waals surface area contributed by atoms with E-state index in [0.717, 1.165) is 24.9 Å². The molecule has 94 valence electrons. The minimum absolute atomic E-state index is 0.0647. The van der Waals surface area contributed by atoms with Crippen LogP contribution >= 0.6 is 0 Å². The molecule has 0 spiro atoms. The Morgan fingerprint density at radius 2 is 2.12 bits per heavy atom. The third-order valence-electron chi connectivity index (χ3n) is 4.12. The first-order chi connectivity index (χ1) is 8.25. The topological polar surface area (TPSA) is 42.4 Å². The Hall–Kier alpha value is -0.800. The van der Waals surface area contributed by atoms with Crippen LogP contribution in [0.4, 0.5) is 0 Å². The summed E-state index contributed by atoms with van der Waals surface area (Å²) in [4.78, 5) is 2.53. The first-order valence-corrected chi connectivity index (χ1v) is 6.81. The molecule has 3 heteroatoms. The highest BCUT2D eigenvalue weighted by Gasteiger charge is 2.37. The summed E-state index contributed by atoms with van der Waals surface area (Å²) < 4.78 is 5.46. The molecule has 2 fully saturated rings.